The van der Waals surface area contributed by atoms with Gasteiger partial charge in [0.25, 0.3) is 11.1 Å². The van der Waals surface area contributed by atoms with Crippen LogP contribution in [0.15, 0.2) is 121 Å². The summed E-state index contributed by atoms with van der Waals surface area (Å²) in [6, 6.07) is 39.4. The summed E-state index contributed by atoms with van der Waals surface area (Å²) in [5, 5.41) is 0. The highest BCUT2D eigenvalue weighted by Gasteiger charge is 2.46. The SMILES string of the molecule is CBr.CC(C)(C)OC(=O)N1CCC(C(N)=O)(c2ccccc2)CC1.CC(C)(C)OC(=O)N1CCC(N)(c2ccccc2)CC1.CC(C)=O.CC(C)=O.CC(C)=O.CC(Cl)Cl.[C-]#[N+]C1(c2ccccc2)CCN(C(=O)OC(C)(C)C)CC1.[C-]#[N+]C1(c2ccccc2)CCN(C(=O)OC(C)(C)C)CC1. The third-order valence-corrected chi connectivity index (χ3v) is 15.3. The molecule has 23 heteroatoms. The molecule has 0 saturated carbocycles. The number of benzene rings is 4. The molecule has 0 bridgehead atoms. The van der Waals surface area contributed by atoms with Crippen LogP contribution in [0.4, 0.5) is 19.2 Å². The maximum atomic E-state index is 12.1. The summed E-state index contributed by atoms with van der Waals surface area (Å²) in [4.78, 5) is 103. The van der Waals surface area contributed by atoms with Crippen molar-refractivity contribution >= 4 is 86.8 Å². The van der Waals surface area contributed by atoms with Crippen molar-refractivity contribution in [3.63, 3.8) is 0 Å². The molecule has 0 aromatic heterocycles. The summed E-state index contributed by atoms with van der Waals surface area (Å²) in [6.45, 7) is 52.8. The predicted octanol–water partition coefficient (Wildman–Crippen LogP) is 17.6. The fourth-order valence-electron chi connectivity index (χ4n) is 10.5. The van der Waals surface area contributed by atoms with Crippen LogP contribution in [0.2, 0.25) is 0 Å². The average Bonchev–Trinajstić information content (AvgIpc) is 0.806. The third-order valence-electron chi connectivity index (χ3n) is 15.3. The molecule has 20 nitrogen and oxygen atoms in total. The van der Waals surface area contributed by atoms with Gasteiger partial charge in [-0.05, 0) is 174 Å². The molecule has 4 fully saturated rings. The normalized spacial score (nSPS) is 16.1. The number of Topliss-reactive ketones (excluding diaryl/α,β-unsaturated/α-hetero) is 3. The van der Waals surface area contributed by atoms with Gasteiger partial charge >= 0.3 is 24.4 Å². The molecule has 4 aliphatic heterocycles. The van der Waals surface area contributed by atoms with Gasteiger partial charge in [0.1, 0.15) is 44.6 Å². The van der Waals surface area contributed by atoms with Gasteiger partial charge in [-0.15, -0.1) is 23.2 Å². The van der Waals surface area contributed by atoms with Crippen molar-refractivity contribution in [3.05, 3.63) is 166 Å². The maximum Gasteiger partial charge on any atom is 0.410 e. The summed E-state index contributed by atoms with van der Waals surface area (Å²) < 4.78 is 21.6. The Morgan fingerprint density at radius 1 is 0.402 bits per heavy atom. The second kappa shape index (κ2) is 44.8. The molecule has 4 saturated heterocycles. The summed E-state index contributed by atoms with van der Waals surface area (Å²) in [5.74, 6) is 1.98. The Kier molecular flexibility index (Phi) is 41.5. The van der Waals surface area contributed by atoms with Crippen molar-refractivity contribution in [1.29, 1.82) is 0 Å². The van der Waals surface area contributed by atoms with E-state index >= 15 is 0 Å². The second-order valence-corrected chi connectivity index (χ2v) is 31.0. The maximum absolute atomic E-state index is 12.1. The lowest BCUT2D eigenvalue weighted by Gasteiger charge is -2.40. The van der Waals surface area contributed by atoms with Crippen LogP contribution in [0, 0.1) is 13.1 Å². The van der Waals surface area contributed by atoms with E-state index in [1.54, 1.807) is 26.5 Å². The van der Waals surface area contributed by atoms with E-state index < -0.39 is 38.9 Å². The molecule has 0 radical (unpaired) electrons. The quantitative estimate of drug-likeness (QED) is 0.107. The zero-order valence-electron chi connectivity index (χ0n) is 64.3. The average molecular weight is 1520 g/mol. The van der Waals surface area contributed by atoms with Crippen molar-refractivity contribution < 1.29 is 57.3 Å². The van der Waals surface area contributed by atoms with E-state index in [1.165, 1.54) is 41.5 Å². The van der Waals surface area contributed by atoms with Crippen LogP contribution in [-0.4, -0.2) is 153 Å². The van der Waals surface area contributed by atoms with Crippen molar-refractivity contribution in [3.8, 4) is 0 Å². The minimum Gasteiger partial charge on any atom is -0.444 e. The number of carbonyl (C=O) groups excluding carboxylic acids is 8. The number of rotatable bonds is 5. The Morgan fingerprint density at radius 2 is 0.588 bits per heavy atom. The number of ketones is 3. The van der Waals surface area contributed by atoms with Crippen LogP contribution in [0.25, 0.3) is 9.69 Å². The van der Waals surface area contributed by atoms with Gasteiger partial charge in [0.05, 0.1) is 5.41 Å². The lowest BCUT2D eigenvalue weighted by atomic mass is 9.72. The molecule has 4 N–H and O–H groups in total. The zero-order valence-corrected chi connectivity index (χ0v) is 67.4. The number of amides is 5. The van der Waals surface area contributed by atoms with Gasteiger partial charge in [-0.2, -0.15) is 0 Å². The lowest BCUT2D eigenvalue weighted by Crippen LogP contribution is -2.52. The number of likely N-dealkylation sites (tertiary alicyclic amines) is 4. The monoisotopic (exact) mass is 1520 g/mol. The Morgan fingerprint density at radius 3 is 0.784 bits per heavy atom. The standard InChI is InChI=1S/C17H24N2O3.2C17H22N2O2.C16H24N2O2.3C3H6O.C2H4Cl2.CH3Br/c1-16(2,3)22-15(21)19-11-9-17(10-12-19,14(18)20)13-7-5-4-6-8-13;2*1-16(2,3)21-15(20)19-12-10-17(18-4,11-13-19)14-8-6-5-7-9-14;1-15(2,3)20-14(19)18-11-9-16(17,10-12-18)13-7-5-4-6-8-13;3*1-3(2)4;1-2(3)4;1-2/h4-8H,9-12H2,1-3H3,(H2,18,20);2*5-9H,10-13H2,1-3H3;4-8H,9-12,17H2,1-3H3;3*1-2H3;2H,1H3;1H3. The van der Waals surface area contributed by atoms with E-state index in [2.05, 4.69) is 37.8 Å². The van der Waals surface area contributed by atoms with Crippen LogP contribution >= 0.6 is 39.1 Å². The van der Waals surface area contributed by atoms with Gasteiger partial charge in [0, 0.05) is 94.7 Å². The fourth-order valence-corrected chi connectivity index (χ4v) is 10.5. The number of alkyl halides is 3. The number of ether oxygens (including phenoxy) is 4. The number of hydrogen-bond acceptors (Lipinski definition) is 13. The van der Waals surface area contributed by atoms with Gasteiger partial charge in [0.2, 0.25) is 5.91 Å². The summed E-state index contributed by atoms with van der Waals surface area (Å²) >= 11 is 13.0. The molecule has 0 unspecified atom stereocenters. The Bertz CT molecular complexity index is 3110. The Labute approximate surface area is 628 Å². The summed E-state index contributed by atoms with van der Waals surface area (Å²) in [6.07, 6.45) is 4.03. The number of nitrogens with two attached hydrogens (primary N) is 2. The first-order chi connectivity index (χ1) is 47.2. The Hall–Kier alpha value is -7.56. The molecule has 566 valence electrons. The molecule has 5 amide bonds. The number of hydrogen-bond donors (Lipinski definition) is 2. The van der Waals surface area contributed by atoms with Crippen LogP contribution < -0.4 is 11.5 Å². The van der Waals surface area contributed by atoms with E-state index in [1.807, 2.05) is 198 Å². The molecule has 0 aliphatic carbocycles. The molecule has 4 heterocycles. The summed E-state index contributed by atoms with van der Waals surface area (Å²) in [5.41, 5.74) is 12.4. The minimum absolute atomic E-state index is 0.167. The third kappa shape index (κ3) is 37.0. The molecule has 0 spiro atoms. The molecular formula is C79H117BrCl2N8O12. The van der Waals surface area contributed by atoms with Crippen molar-refractivity contribution in [2.45, 2.75) is 232 Å². The first-order valence-corrected chi connectivity index (χ1v) is 36.7. The first kappa shape index (κ1) is 94.4. The van der Waals surface area contributed by atoms with Gasteiger partial charge < -0.3 is 74.1 Å². The number of primary amides is 1. The molecule has 4 aromatic carbocycles. The van der Waals surface area contributed by atoms with E-state index in [0.29, 0.717) is 90.9 Å². The number of piperidine rings is 4. The number of halogens is 3. The van der Waals surface area contributed by atoms with E-state index in [4.69, 9.17) is 66.8 Å². The number of nitrogens with zero attached hydrogens (tertiary/aromatic N) is 6. The highest BCUT2D eigenvalue weighted by atomic mass is 79.9. The topological polar surface area (TPSA) is 247 Å². The molecule has 102 heavy (non-hydrogen) atoms. The first-order valence-electron chi connectivity index (χ1n) is 34.3. The van der Waals surface area contributed by atoms with E-state index in [9.17, 15) is 38.4 Å². The van der Waals surface area contributed by atoms with E-state index in [-0.39, 0.29) is 58.0 Å². The predicted molar refractivity (Wildman–Crippen MR) is 412 cm³/mol. The van der Waals surface area contributed by atoms with Gasteiger partial charge in [0.15, 0.2) is 0 Å². The Balaban J connectivity index is 0.00000123. The van der Waals surface area contributed by atoms with Crippen LogP contribution in [0.1, 0.15) is 205 Å². The van der Waals surface area contributed by atoms with Crippen molar-refractivity contribution in [2.75, 3.05) is 58.2 Å². The smallest absolute Gasteiger partial charge is 0.410 e. The minimum atomic E-state index is -0.695. The highest BCUT2D eigenvalue weighted by Crippen LogP contribution is 2.40. The zero-order chi connectivity index (χ0) is 78.5. The molecule has 8 rings (SSSR count). The second-order valence-electron chi connectivity index (χ2n) is 29.5. The van der Waals surface area contributed by atoms with Crippen molar-refractivity contribution in [1.82, 2.24) is 19.6 Å². The lowest BCUT2D eigenvalue weighted by molar-refractivity contribution is -0.125. The molecular weight excluding hydrogens is 1400 g/mol. The number of carbonyl (C=O) groups is 8. The van der Waals surface area contributed by atoms with Crippen LogP contribution in [0.3, 0.4) is 0 Å². The molecule has 0 atom stereocenters. The van der Waals surface area contributed by atoms with Gasteiger partial charge in [-0.1, -0.05) is 137 Å². The van der Waals surface area contributed by atoms with Crippen LogP contribution in [0.5, 0.6) is 0 Å². The van der Waals surface area contributed by atoms with Crippen LogP contribution in [-0.2, 0) is 60.2 Å². The molecule has 4 aliphatic rings. The highest BCUT2D eigenvalue weighted by molar-refractivity contribution is 9.08. The van der Waals surface area contributed by atoms with Gasteiger partial charge in [-0.3, -0.25) is 4.79 Å². The molecule has 4 aromatic rings. The van der Waals surface area contributed by atoms with Gasteiger partial charge in [-0.25, -0.2) is 32.3 Å². The van der Waals surface area contributed by atoms with E-state index in [0.717, 1.165) is 35.1 Å². The fraction of sp³-hybridized carbons (Fsp3) is 0.570. The largest absolute Gasteiger partial charge is 0.444 e. The summed E-state index contributed by atoms with van der Waals surface area (Å²) in [7, 11) is 0. The van der Waals surface area contributed by atoms with Crippen molar-refractivity contribution in [2.24, 2.45) is 11.5 Å².